The van der Waals surface area contributed by atoms with Crippen molar-refractivity contribution in [3.63, 3.8) is 0 Å². The van der Waals surface area contributed by atoms with Gasteiger partial charge in [-0.2, -0.15) is 5.21 Å². The minimum Gasteiger partial charge on any atom is -0.491 e. The van der Waals surface area contributed by atoms with Crippen LogP contribution >= 0.6 is 0 Å². The molecular formula is C28H27N5O2. The van der Waals surface area contributed by atoms with E-state index in [4.69, 9.17) is 14.5 Å². The van der Waals surface area contributed by atoms with Gasteiger partial charge in [0.2, 0.25) is 5.82 Å². The maximum Gasteiger partial charge on any atom is 0.205 e. The first-order valence-corrected chi connectivity index (χ1v) is 11.8. The first-order valence-electron chi connectivity index (χ1n) is 11.8. The van der Waals surface area contributed by atoms with E-state index in [1.807, 2.05) is 56.3 Å². The monoisotopic (exact) mass is 465 g/mol. The molecule has 5 aromatic rings. The highest BCUT2D eigenvalue weighted by molar-refractivity contribution is 5.86. The van der Waals surface area contributed by atoms with Crippen molar-refractivity contribution in [2.75, 3.05) is 0 Å². The molecule has 0 fully saturated rings. The quantitative estimate of drug-likeness (QED) is 0.302. The molecule has 0 amide bonds. The summed E-state index contributed by atoms with van der Waals surface area (Å²) in [7, 11) is 0. The molecule has 3 aromatic carbocycles. The molecule has 0 aliphatic heterocycles. The Labute approximate surface area is 204 Å². The highest BCUT2D eigenvalue weighted by atomic mass is 16.5. The van der Waals surface area contributed by atoms with Gasteiger partial charge < -0.3 is 9.47 Å². The lowest BCUT2D eigenvalue weighted by Gasteiger charge is -2.15. The Bertz CT molecular complexity index is 1430. The van der Waals surface area contributed by atoms with E-state index < -0.39 is 0 Å². The van der Waals surface area contributed by atoms with Gasteiger partial charge in [0.25, 0.3) is 0 Å². The SMILES string of the molecule is CCc1cc(OCc2ccc(-c3ccccc3)c(-c3nn[nH]n3)c2)c2cc(OC(C)C)ccc2n1. The molecule has 176 valence electrons. The molecule has 2 aromatic heterocycles. The lowest BCUT2D eigenvalue weighted by atomic mass is 9.97. The maximum absolute atomic E-state index is 6.37. The second-order valence-electron chi connectivity index (χ2n) is 8.58. The number of ether oxygens (including phenoxy) is 2. The number of hydrogen-bond donors (Lipinski definition) is 1. The van der Waals surface area contributed by atoms with E-state index in [0.29, 0.717) is 12.4 Å². The molecule has 7 nitrogen and oxygen atoms in total. The summed E-state index contributed by atoms with van der Waals surface area (Å²) in [6.45, 7) is 6.51. The Balaban J connectivity index is 1.49. The second kappa shape index (κ2) is 9.93. The van der Waals surface area contributed by atoms with Crippen LogP contribution in [0.25, 0.3) is 33.4 Å². The fourth-order valence-electron chi connectivity index (χ4n) is 4.04. The van der Waals surface area contributed by atoms with Crippen LogP contribution in [0.5, 0.6) is 11.5 Å². The Morgan fingerprint density at radius 1 is 0.914 bits per heavy atom. The first-order chi connectivity index (χ1) is 17.1. The van der Waals surface area contributed by atoms with E-state index in [2.05, 4.69) is 57.9 Å². The third-order valence-electron chi connectivity index (χ3n) is 5.68. The summed E-state index contributed by atoms with van der Waals surface area (Å²) in [4.78, 5) is 4.76. The maximum atomic E-state index is 6.37. The summed E-state index contributed by atoms with van der Waals surface area (Å²) in [5.74, 6) is 2.13. The van der Waals surface area contributed by atoms with Gasteiger partial charge in [-0.1, -0.05) is 49.4 Å². The molecule has 0 aliphatic rings. The van der Waals surface area contributed by atoms with Gasteiger partial charge in [0.05, 0.1) is 11.6 Å². The van der Waals surface area contributed by atoms with E-state index >= 15 is 0 Å². The highest BCUT2D eigenvalue weighted by Gasteiger charge is 2.14. The Morgan fingerprint density at radius 3 is 2.51 bits per heavy atom. The van der Waals surface area contributed by atoms with Crippen LogP contribution in [0.15, 0.2) is 72.8 Å². The van der Waals surface area contributed by atoms with Gasteiger partial charge in [-0.05, 0) is 66.4 Å². The highest BCUT2D eigenvalue weighted by Crippen LogP contribution is 2.33. The number of nitrogens with zero attached hydrogens (tertiary/aromatic N) is 4. The number of pyridine rings is 1. The third-order valence-corrected chi connectivity index (χ3v) is 5.68. The summed E-state index contributed by atoms with van der Waals surface area (Å²) in [5.41, 5.74) is 5.90. The number of benzene rings is 3. The summed E-state index contributed by atoms with van der Waals surface area (Å²) in [5, 5.41) is 15.7. The van der Waals surface area contributed by atoms with Crippen molar-refractivity contribution >= 4 is 10.9 Å². The molecule has 0 unspecified atom stereocenters. The largest absolute Gasteiger partial charge is 0.491 e. The van der Waals surface area contributed by atoms with Gasteiger partial charge in [0, 0.05) is 22.7 Å². The van der Waals surface area contributed by atoms with Crippen LogP contribution in [0.2, 0.25) is 0 Å². The summed E-state index contributed by atoms with van der Waals surface area (Å²) >= 11 is 0. The predicted molar refractivity (Wildman–Crippen MR) is 136 cm³/mol. The number of tetrazole rings is 1. The topological polar surface area (TPSA) is 85.8 Å². The van der Waals surface area contributed by atoms with Crippen molar-refractivity contribution in [1.82, 2.24) is 25.6 Å². The number of aromatic amines is 1. The van der Waals surface area contributed by atoms with Crippen LogP contribution in [-0.2, 0) is 13.0 Å². The minimum absolute atomic E-state index is 0.0892. The van der Waals surface area contributed by atoms with Crippen molar-refractivity contribution in [3.05, 3.63) is 84.1 Å². The second-order valence-corrected chi connectivity index (χ2v) is 8.58. The van der Waals surface area contributed by atoms with Crippen molar-refractivity contribution in [2.24, 2.45) is 0 Å². The normalized spacial score (nSPS) is 11.2. The van der Waals surface area contributed by atoms with Gasteiger partial charge in [-0.15, -0.1) is 10.2 Å². The van der Waals surface area contributed by atoms with E-state index in [-0.39, 0.29) is 6.10 Å². The van der Waals surface area contributed by atoms with Crippen LogP contribution in [-0.4, -0.2) is 31.7 Å². The van der Waals surface area contributed by atoms with Crippen LogP contribution in [0, 0.1) is 0 Å². The molecule has 0 bridgehead atoms. The molecule has 0 saturated carbocycles. The summed E-state index contributed by atoms with van der Waals surface area (Å²) < 4.78 is 12.3. The van der Waals surface area contributed by atoms with Crippen molar-refractivity contribution in [1.29, 1.82) is 0 Å². The molecule has 35 heavy (non-hydrogen) atoms. The van der Waals surface area contributed by atoms with E-state index in [0.717, 1.165) is 56.8 Å². The Hall–Kier alpha value is -4.26. The molecule has 7 heteroatoms. The zero-order chi connectivity index (χ0) is 24.2. The summed E-state index contributed by atoms with van der Waals surface area (Å²) in [6.07, 6.45) is 0.913. The third kappa shape index (κ3) is 4.99. The average Bonchev–Trinajstić information content (AvgIpc) is 3.42. The van der Waals surface area contributed by atoms with Gasteiger partial charge in [-0.25, -0.2) is 0 Å². The molecule has 0 saturated heterocycles. The number of fused-ring (bicyclic) bond motifs is 1. The van der Waals surface area contributed by atoms with Crippen LogP contribution in [0.4, 0.5) is 0 Å². The fourth-order valence-corrected chi connectivity index (χ4v) is 4.04. The lowest BCUT2D eigenvalue weighted by Crippen LogP contribution is -2.05. The number of aryl methyl sites for hydroxylation is 1. The number of aromatic nitrogens is 5. The standard InChI is InChI=1S/C28H27N5O2/c1-4-21-15-27(25-16-22(35-18(2)3)11-13-26(25)29-21)34-17-19-10-12-23(20-8-6-5-7-9-20)24(14-19)28-30-32-33-31-28/h5-16,18H,4,17H2,1-3H3,(H,30,31,32,33). The molecule has 5 rings (SSSR count). The summed E-state index contributed by atoms with van der Waals surface area (Å²) in [6, 6.07) is 24.3. The smallest absolute Gasteiger partial charge is 0.205 e. The first kappa shape index (κ1) is 22.5. The molecule has 0 atom stereocenters. The molecule has 0 spiro atoms. The van der Waals surface area contributed by atoms with E-state index in [1.165, 1.54) is 0 Å². The van der Waals surface area contributed by atoms with Crippen molar-refractivity contribution in [2.45, 2.75) is 39.9 Å². The Morgan fingerprint density at radius 2 is 1.77 bits per heavy atom. The fraction of sp³-hybridized carbons (Fsp3) is 0.214. The van der Waals surface area contributed by atoms with Gasteiger partial charge in [-0.3, -0.25) is 4.98 Å². The predicted octanol–water partition coefficient (Wildman–Crippen LogP) is 6.01. The molecule has 0 radical (unpaired) electrons. The number of H-pyrrole nitrogens is 1. The number of hydrogen-bond acceptors (Lipinski definition) is 6. The van der Waals surface area contributed by atoms with Crippen molar-refractivity contribution < 1.29 is 9.47 Å². The number of rotatable bonds is 8. The zero-order valence-corrected chi connectivity index (χ0v) is 20.0. The van der Waals surface area contributed by atoms with Gasteiger partial charge in [0.1, 0.15) is 18.1 Å². The van der Waals surface area contributed by atoms with Gasteiger partial charge in [0.15, 0.2) is 0 Å². The molecular weight excluding hydrogens is 438 g/mol. The Kier molecular flexibility index (Phi) is 6.39. The van der Waals surface area contributed by atoms with Crippen molar-refractivity contribution in [3.8, 4) is 34.0 Å². The molecule has 0 aliphatic carbocycles. The van der Waals surface area contributed by atoms with Crippen LogP contribution in [0.3, 0.4) is 0 Å². The molecule has 2 heterocycles. The minimum atomic E-state index is 0.0892. The van der Waals surface area contributed by atoms with Gasteiger partial charge >= 0.3 is 0 Å². The zero-order valence-electron chi connectivity index (χ0n) is 20.0. The lowest BCUT2D eigenvalue weighted by molar-refractivity contribution is 0.242. The number of nitrogens with one attached hydrogen (secondary N) is 1. The van der Waals surface area contributed by atoms with Crippen LogP contribution < -0.4 is 9.47 Å². The van der Waals surface area contributed by atoms with Crippen LogP contribution in [0.1, 0.15) is 32.0 Å². The van der Waals surface area contributed by atoms with E-state index in [9.17, 15) is 0 Å². The average molecular weight is 466 g/mol. The van der Waals surface area contributed by atoms with E-state index in [1.54, 1.807) is 0 Å². The molecule has 1 N–H and O–H groups in total.